The number of hydrogen-bond donors (Lipinski definition) is 3. The van der Waals surface area contributed by atoms with Crippen LogP contribution in [0.5, 0.6) is 0 Å². The molecule has 0 radical (unpaired) electrons. The molecule has 0 aliphatic heterocycles. The van der Waals surface area contributed by atoms with Gasteiger partial charge in [-0.1, -0.05) is 86.7 Å². The van der Waals surface area contributed by atoms with E-state index in [-0.39, 0.29) is 49.3 Å². The van der Waals surface area contributed by atoms with E-state index in [4.69, 9.17) is 4.74 Å². The van der Waals surface area contributed by atoms with Crippen LogP contribution in [0.1, 0.15) is 50.7 Å². The number of ether oxygens (including phenoxy) is 1. The van der Waals surface area contributed by atoms with Gasteiger partial charge in [0.15, 0.2) is 0 Å². The Kier molecular flexibility index (Phi) is 15.2. The lowest BCUT2D eigenvalue weighted by Crippen LogP contribution is -2.47. The van der Waals surface area contributed by atoms with Crippen molar-refractivity contribution in [1.82, 2.24) is 10.6 Å². The zero-order chi connectivity index (χ0) is 30.0. The van der Waals surface area contributed by atoms with E-state index in [1.165, 1.54) is 0 Å². The van der Waals surface area contributed by atoms with Crippen LogP contribution in [0.3, 0.4) is 0 Å². The fraction of sp³-hybridized carbons (Fsp3) is 0.441. The summed E-state index contributed by atoms with van der Waals surface area (Å²) >= 11 is 0. The van der Waals surface area contributed by atoms with E-state index in [1.54, 1.807) is 12.2 Å². The first-order chi connectivity index (χ1) is 19.8. The number of esters is 1. The van der Waals surface area contributed by atoms with Gasteiger partial charge in [0.1, 0.15) is 6.61 Å². The molecule has 0 saturated heterocycles. The van der Waals surface area contributed by atoms with E-state index in [1.807, 2.05) is 74.5 Å². The molecule has 0 unspecified atom stereocenters. The minimum Gasteiger partial charge on any atom is -0.463 e. The molecule has 0 aliphatic rings. The van der Waals surface area contributed by atoms with Gasteiger partial charge in [0, 0.05) is 6.42 Å². The number of carbonyl (C=O) groups excluding carboxylic acids is 3. The molecule has 4 atom stereocenters. The van der Waals surface area contributed by atoms with Crippen molar-refractivity contribution in [2.75, 3.05) is 13.2 Å². The van der Waals surface area contributed by atoms with Crippen molar-refractivity contribution in [3.05, 3.63) is 97.1 Å². The molecule has 222 valence electrons. The molecular formula is C34H46N2O5. The first-order valence-corrected chi connectivity index (χ1v) is 14.4. The average Bonchev–Trinajstić information content (AvgIpc) is 2.97. The molecule has 2 amide bonds. The number of carbonyl (C=O) groups is 3. The molecule has 0 bridgehead atoms. The van der Waals surface area contributed by atoms with E-state index >= 15 is 0 Å². The Bertz CT molecular complexity index is 1090. The number of rotatable bonds is 19. The molecule has 41 heavy (non-hydrogen) atoms. The van der Waals surface area contributed by atoms with Gasteiger partial charge in [0.05, 0.1) is 30.5 Å². The minimum absolute atomic E-state index is 0.00431. The maximum Gasteiger partial charge on any atom is 0.309 e. The number of benzene rings is 2. The highest BCUT2D eigenvalue weighted by atomic mass is 16.5. The molecule has 2 aromatic rings. The van der Waals surface area contributed by atoms with Crippen LogP contribution in [0, 0.1) is 17.8 Å². The Labute approximate surface area is 245 Å². The summed E-state index contributed by atoms with van der Waals surface area (Å²) in [6.07, 6.45) is 6.06. The summed E-state index contributed by atoms with van der Waals surface area (Å²) in [4.78, 5) is 39.1. The van der Waals surface area contributed by atoms with Crippen LogP contribution in [0.15, 0.2) is 86.0 Å². The molecule has 0 aromatic heterocycles. The summed E-state index contributed by atoms with van der Waals surface area (Å²) in [5, 5.41) is 15.6. The van der Waals surface area contributed by atoms with Crippen LogP contribution in [0.4, 0.5) is 0 Å². The molecule has 0 spiro atoms. The predicted molar refractivity (Wildman–Crippen MR) is 163 cm³/mol. The number of aliphatic hydroxyl groups excluding tert-OH is 1. The van der Waals surface area contributed by atoms with Crippen molar-refractivity contribution in [1.29, 1.82) is 0 Å². The lowest BCUT2D eigenvalue weighted by molar-refractivity contribution is -0.150. The SMILES string of the molecule is C=CCC[C@H](Cc1ccccc1)C(=O)OC[C@@H](NC(=O)[C@H](CC=C)CC(=O)N[C@H](CO)Cc1ccccc1)C(C)C. The van der Waals surface area contributed by atoms with Crippen molar-refractivity contribution in [2.45, 2.75) is 64.5 Å². The lowest BCUT2D eigenvalue weighted by Gasteiger charge is -2.26. The maximum absolute atomic E-state index is 13.3. The third kappa shape index (κ3) is 12.6. The summed E-state index contributed by atoms with van der Waals surface area (Å²) in [6.45, 7) is 11.2. The number of allylic oxidation sites excluding steroid dienone is 2. The maximum atomic E-state index is 13.3. The highest BCUT2D eigenvalue weighted by Crippen LogP contribution is 2.18. The second-order valence-electron chi connectivity index (χ2n) is 10.8. The van der Waals surface area contributed by atoms with Crippen molar-refractivity contribution >= 4 is 17.8 Å². The van der Waals surface area contributed by atoms with Crippen molar-refractivity contribution < 1.29 is 24.2 Å². The molecule has 0 saturated carbocycles. The van der Waals surface area contributed by atoms with E-state index in [0.717, 1.165) is 11.1 Å². The van der Waals surface area contributed by atoms with Crippen LogP contribution < -0.4 is 10.6 Å². The van der Waals surface area contributed by atoms with Crippen LogP contribution in [0.2, 0.25) is 0 Å². The Morgan fingerprint density at radius 1 is 0.878 bits per heavy atom. The Balaban J connectivity index is 1.97. The Hall–Kier alpha value is -3.71. The minimum atomic E-state index is -0.640. The third-order valence-electron chi connectivity index (χ3n) is 7.08. The molecule has 7 nitrogen and oxygen atoms in total. The van der Waals surface area contributed by atoms with Gasteiger partial charge in [-0.15, -0.1) is 13.2 Å². The molecule has 3 N–H and O–H groups in total. The van der Waals surface area contributed by atoms with Gasteiger partial charge in [-0.3, -0.25) is 14.4 Å². The summed E-state index contributed by atoms with van der Waals surface area (Å²) in [5.41, 5.74) is 2.06. The fourth-order valence-electron chi connectivity index (χ4n) is 4.57. The lowest BCUT2D eigenvalue weighted by atomic mass is 9.94. The van der Waals surface area contributed by atoms with Gasteiger partial charge in [0.25, 0.3) is 0 Å². The summed E-state index contributed by atoms with van der Waals surface area (Å²) < 4.78 is 5.73. The van der Waals surface area contributed by atoms with Gasteiger partial charge in [0.2, 0.25) is 11.8 Å². The summed E-state index contributed by atoms with van der Waals surface area (Å²) in [7, 11) is 0. The van der Waals surface area contributed by atoms with Crippen molar-refractivity contribution in [2.24, 2.45) is 17.8 Å². The summed E-state index contributed by atoms with van der Waals surface area (Å²) in [6, 6.07) is 18.5. The predicted octanol–water partition coefficient (Wildman–Crippen LogP) is 4.80. The zero-order valence-electron chi connectivity index (χ0n) is 24.5. The average molecular weight is 563 g/mol. The van der Waals surface area contributed by atoms with Gasteiger partial charge < -0.3 is 20.5 Å². The van der Waals surface area contributed by atoms with Crippen LogP contribution >= 0.6 is 0 Å². The third-order valence-corrected chi connectivity index (χ3v) is 7.08. The largest absolute Gasteiger partial charge is 0.463 e. The molecule has 0 fully saturated rings. The highest BCUT2D eigenvalue weighted by molar-refractivity contribution is 5.86. The first kappa shape index (κ1) is 33.5. The quantitative estimate of drug-likeness (QED) is 0.169. The second-order valence-corrected chi connectivity index (χ2v) is 10.8. The van der Waals surface area contributed by atoms with Crippen molar-refractivity contribution in [3.63, 3.8) is 0 Å². The molecule has 7 heteroatoms. The topological polar surface area (TPSA) is 105 Å². The van der Waals surface area contributed by atoms with Crippen LogP contribution in [0.25, 0.3) is 0 Å². The smallest absolute Gasteiger partial charge is 0.309 e. The number of aliphatic hydroxyl groups is 1. The molecule has 0 aliphatic carbocycles. The molecular weight excluding hydrogens is 516 g/mol. The highest BCUT2D eigenvalue weighted by Gasteiger charge is 2.27. The Morgan fingerprint density at radius 3 is 2.02 bits per heavy atom. The monoisotopic (exact) mass is 562 g/mol. The van der Waals surface area contributed by atoms with Gasteiger partial charge in [-0.2, -0.15) is 0 Å². The number of nitrogens with one attached hydrogen (secondary N) is 2. The second kappa shape index (κ2) is 18.6. The molecule has 2 rings (SSSR count). The van der Waals surface area contributed by atoms with Crippen molar-refractivity contribution in [3.8, 4) is 0 Å². The van der Waals surface area contributed by atoms with E-state index in [0.29, 0.717) is 32.1 Å². The van der Waals surface area contributed by atoms with E-state index in [2.05, 4.69) is 23.8 Å². The molecule has 2 aromatic carbocycles. The molecule has 0 heterocycles. The zero-order valence-corrected chi connectivity index (χ0v) is 24.5. The number of amides is 2. The summed E-state index contributed by atoms with van der Waals surface area (Å²) in [5.74, 6) is -1.88. The van der Waals surface area contributed by atoms with Gasteiger partial charge >= 0.3 is 5.97 Å². The van der Waals surface area contributed by atoms with Gasteiger partial charge in [-0.05, 0) is 49.1 Å². The van der Waals surface area contributed by atoms with E-state index in [9.17, 15) is 19.5 Å². The van der Waals surface area contributed by atoms with Crippen LogP contribution in [-0.4, -0.2) is 48.2 Å². The van der Waals surface area contributed by atoms with Crippen LogP contribution in [-0.2, 0) is 32.0 Å². The fourth-order valence-corrected chi connectivity index (χ4v) is 4.57. The van der Waals surface area contributed by atoms with Gasteiger partial charge in [-0.25, -0.2) is 0 Å². The number of hydrogen-bond acceptors (Lipinski definition) is 5. The Morgan fingerprint density at radius 2 is 1.49 bits per heavy atom. The standard InChI is InChI=1S/C34H46N2O5/c1-5-7-19-29(20-26-15-10-8-11-16-26)34(40)41-24-31(25(3)4)36-33(39)28(14-6-2)22-32(38)35-30(23-37)21-27-17-12-9-13-18-27/h5-6,8-13,15-18,25,28-31,37H,1-2,7,14,19-24H2,3-4H3,(H,35,38)(H,36,39)/t28-,29-,30+,31-/m1/s1. The first-order valence-electron chi connectivity index (χ1n) is 14.4. The normalized spacial score (nSPS) is 13.9. The van der Waals surface area contributed by atoms with E-state index < -0.39 is 18.0 Å².